The fraction of sp³-hybridized carbons (Fsp3) is 1.00. The molecule has 3 fully saturated rings. The van der Waals surface area contributed by atoms with Gasteiger partial charge in [0, 0.05) is 30.3 Å². The summed E-state index contributed by atoms with van der Waals surface area (Å²) >= 11 is 0. The highest BCUT2D eigenvalue weighted by molar-refractivity contribution is 5.25. The smallest absolute Gasteiger partial charge is 0.252 e. The largest absolute Gasteiger partial charge is 0.390 e. The van der Waals surface area contributed by atoms with Crippen LogP contribution in [0.25, 0.3) is 0 Å². The lowest BCUT2D eigenvalue weighted by Crippen LogP contribution is -2.51. The van der Waals surface area contributed by atoms with Gasteiger partial charge in [-0.2, -0.15) is 0 Å². The van der Waals surface area contributed by atoms with Crippen LogP contribution in [0.3, 0.4) is 0 Å². The van der Waals surface area contributed by atoms with Crippen LogP contribution in [-0.2, 0) is 0 Å². The Hall–Kier alpha value is -0.260. The molecule has 0 aromatic heterocycles. The molecule has 0 aromatic carbocycles. The van der Waals surface area contributed by atoms with Gasteiger partial charge >= 0.3 is 0 Å². The molecule has 3 unspecified atom stereocenters. The summed E-state index contributed by atoms with van der Waals surface area (Å²) in [5.41, 5.74) is -0.735. The molecule has 3 aliphatic rings. The second-order valence-electron chi connectivity index (χ2n) is 4.81. The van der Waals surface area contributed by atoms with E-state index in [0.29, 0.717) is 13.0 Å². The van der Waals surface area contributed by atoms with Crippen LogP contribution in [0.2, 0.25) is 0 Å². The summed E-state index contributed by atoms with van der Waals surface area (Å²) in [6.45, 7) is 0.311. The van der Waals surface area contributed by atoms with Gasteiger partial charge < -0.3 is 15.5 Å². The molecular weight excluding hydrogens is 192 g/mol. The lowest BCUT2D eigenvalue weighted by atomic mass is 9.86. The van der Waals surface area contributed by atoms with Crippen molar-refractivity contribution in [3.8, 4) is 0 Å². The molecule has 3 nitrogen and oxygen atoms in total. The van der Waals surface area contributed by atoms with Crippen molar-refractivity contribution in [1.29, 1.82) is 0 Å². The third-order valence-electron chi connectivity index (χ3n) is 4.01. The fourth-order valence-electron chi connectivity index (χ4n) is 3.00. The van der Waals surface area contributed by atoms with Crippen LogP contribution in [0, 0.1) is 11.3 Å². The van der Waals surface area contributed by atoms with Gasteiger partial charge in [-0.25, -0.2) is 8.78 Å². The average molecular weight is 205 g/mol. The molecule has 5 heteroatoms. The SMILES string of the molecule is O[C@@H]1CNC2CC2(C2CC2(F)F)[C@H]1O. The molecule has 3 N–H and O–H groups in total. The molecule has 0 bridgehead atoms. The van der Waals surface area contributed by atoms with E-state index in [1.54, 1.807) is 0 Å². The number of β-amino-alcohol motifs (C(OH)–C–C–N with tert-alkyl or cyclic N) is 1. The molecule has 5 atom stereocenters. The number of fused-ring (bicyclic) bond motifs is 1. The summed E-state index contributed by atoms with van der Waals surface area (Å²) in [6.07, 6.45) is -1.43. The summed E-state index contributed by atoms with van der Waals surface area (Å²) in [6, 6.07) is -0.0146. The number of aliphatic hydroxyl groups excluding tert-OH is 2. The molecule has 0 radical (unpaired) electrons. The lowest BCUT2D eigenvalue weighted by Gasteiger charge is -2.32. The minimum Gasteiger partial charge on any atom is -0.390 e. The Morgan fingerprint density at radius 1 is 1.21 bits per heavy atom. The predicted molar refractivity (Wildman–Crippen MR) is 43.9 cm³/mol. The van der Waals surface area contributed by atoms with Crippen molar-refractivity contribution < 1.29 is 19.0 Å². The Balaban J connectivity index is 1.84. The maximum absolute atomic E-state index is 12.9. The Morgan fingerprint density at radius 3 is 2.43 bits per heavy atom. The third-order valence-corrected chi connectivity index (χ3v) is 4.01. The van der Waals surface area contributed by atoms with E-state index in [0.717, 1.165) is 0 Å². The minimum absolute atomic E-state index is 0.0146. The third kappa shape index (κ3) is 0.902. The van der Waals surface area contributed by atoms with Crippen molar-refractivity contribution in [1.82, 2.24) is 5.32 Å². The number of piperidine rings is 1. The summed E-state index contributed by atoms with van der Waals surface area (Å²) in [7, 11) is 0. The van der Waals surface area contributed by atoms with Gasteiger partial charge in [0.15, 0.2) is 0 Å². The fourth-order valence-corrected chi connectivity index (χ4v) is 3.00. The Labute approximate surface area is 80.1 Å². The maximum Gasteiger partial charge on any atom is 0.252 e. The van der Waals surface area contributed by atoms with E-state index in [2.05, 4.69) is 5.32 Å². The van der Waals surface area contributed by atoms with E-state index in [1.165, 1.54) is 0 Å². The van der Waals surface area contributed by atoms with Gasteiger partial charge in [0.1, 0.15) is 0 Å². The van der Waals surface area contributed by atoms with Crippen LogP contribution in [0.1, 0.15) is 12.8 Å². The number of rotatable bonds is 1. The molecule has 0 amide bonds. The zero-order chi connectivity index (χ0) is 10.1. The van der Waals surface area contributed by atoms with Crippen LogP contribution in [-0.4, -0.2) is 40.9 Å². The first kappa shape index (κ1) is 9.00. The number of nitrogens with one attached hydrogen (secondary N) is 1. The average Bonchev–Trinajstić information content (AvgIpc) is 2.95. The van der Waals surface area contributed by atoms with Crippen molar-refractivity contribution in [2.24, 2.45) is 11.3 Å². The minimum atomic E-state index is -2.62. The Bertz CT molecular complexity index is 282. The van der Waals surface area contributed by atoms with Crippen molar-refractivity contribution in [2.45, 2.75) is 37.0 Å². The standard InChI is InChI=1S/C9H13F2NO2/c10-9(11)1-5(9)8-2-6(8)12-3-4(13)7(8)14/h4-7,12-14H,1-3H2/t4-,5?,6?,7+,8?/m1/s1. The van der Waals surface area contributed by atoms with Gasteiger partial charge in [-0.05, 0) is 6.42 Å². The van der Waals surface area contributed by atoms with Gasteiger partial charge in [-0.1, -0.05) is 0 Å². The molecule has 14 heavy (non-hydrogen) atoms. The summed E-state index contributed by atoms with van der Waals surface area (Å²) in [5, 5.41) is 22.2. The van der Waals surface area contributed by atoms with E-state index >= 15 is 0 Å². The van der Waals surface area contributed by atoms with Crippen molar-refractivity contribution in [3.63, 3.8) is 0 Å². The first-order valence-electron chi connectivity index (χ1n) is 4.96. The predicted octanol–water partition coefficient (Wildman–Crippen LogP) is -0.275. The van der Waals surface area contributed by atoms with E-state index in [1.807, 2.05) is 0 Å². The van der Waals surface area contributed by atoms with Gasteiger partial charge in [-0.3, -0.25) is 0 Å². The topological polar surface area (TPSA) is 52.5 Å². The summed E-state index contributed by atoms with van der Waals surface area (Å²) < 4.78 is 25.9. The van der Waals surface area contributed by atoms with Crippen LogP contribution in [0.15, 0.2) is 0 Å². The number of aliphatic hydroxyl groups is 2. The number of halogens is 2. The molecule has 1 heterocycles. The van der Waals surface area contributed by atoms with Crippen LogP contribution >= 0.6 is 0 Å². The first-order chi connectivity index (χ1) is 6.48. The zero-order valence-corrected chi connectivity index (χ0v) is 7.58. The first-order valence-corrected chi connectivity index (χ1v) is 4.96. The molecule has 80 valence electrons. The highest BCUT2D eigenvalue weighted by Crippen LogP contribution is 2.70. The summed E-state index contributed by atoms with van der Waals surface area (Å²) in [5.74, 6) is -3.34. The summed E-state index contributed by atoms with van der Waals surface area (Å²) in [4.78, 5) is 0. The van der Waals surface area contributed by atoms with Crippen molar-refractivity contribution in [3.05, 3.63) is 0 Å². The second-order valence-corrected chi connectivity index (χ2v) is 4.81. The molecule has 3 rings (SSSR count). The van der Waals surface area contributed by atoms with Gasteiger partial charge in [0.25, 0.3) is 5.92 Å². The van der Waals surface area contributed by atoms with Gasteiger partial charge in [0.05, 0.1) is 12.2 Å². The molecule has 0 aromatic rings. The van der Waals surface area contributed by atoms with Crippen molar-refractivity contribution in [2.75, 3.05) is 6.54 Å². The van der Waals surface area contributed by atoms with E-state index < -0.39 is 29.5 Å². The van der Waals surface area contributed by atoms with E-state index in [-0.39, 0.29) is 12.5 Å². The zero-order valence-electron chi connectivity index (χ0n) is 7.58. The maximum atomic E-state index is 12.9. The van der Waals surface area contributed by atoms with Crippen LogP contribution in [0.5, 0.6) is 0 Å². The molecule has 1 aliphatic heterocycles. The molecule has 1 saturated heterocycles. The van der Waals surface area contributed by atoms with Crippen molar-refractivity contribution >= 4 is 0 Å². The lowest BCUT2D eigenvalue weighted by molar-refractivity contribution is -0.0654. The van der Waals surface area contributed by atoms with E-state index in [9.17, 15) is 19.0 Å². The molecular formula is C9H13F2NO2. The highest BCUT2D eigenvalue weighted by Gasteiger charge is 2.78. The molecule has 2 aliphatic carbocycles. The monoisotopic (exact) mass is 205 g/mol. The van der Waals surface area contributed by atoms with Gasteiger partial charge in [-0.15, -0.1) is 0 Å². The van der Waals surface area contributed by atoms with Gasteiger partial charge in [0.2, 0.25) is 0 Å². The van der Waals surface area contributed by atoms with Crippen LogP contribution in [0.4, 0.5) is 8.78 Å². The van der Waals surface area contributed by atoms with Crippen LogP contribution < -0.4 is 5.32 Å². The highest BCUT2D eigenvalue weighted by atomic mass is 19.3. The van der Waals surface area contributed by atoms with E-state index in [4.69, 9.17) is 0 Å². The number of hydrogen-bond donors (Lipinski definition) is 3. The number of alkyl halides is 2. The Morgan fingerprint density at radius 2 is 1.86 bits per heavy atom. The quantitative estimate of drug-likeness (QED) is 0.552. The Kier molecular flexibility index (Phi) is 1.47. The number of hydrogen-bond acceptors (Lipinski definition) is 3. The molecule has 0 spiro atoms. The normalized spacial score (nSPS) is 59.1. The second kappa shape index (κ2) is 2.28. The molecule has 2 saturated carbocycles.